The number of quaternary nitrogens is 1. The third-order valence-electron chi connectivity index (χ3n) is 2.46. The molecule has 0 aromatic carbocycles. The van der Waals surface area contributed by atoms with Crippen molar-refractivity contribution >= 4 is 6.21 Å². The van der Waals surface area contributed by atoms with Crippen LogP contribution in [0.25, 0.3) is 0 Å². The van der Waals surface area contributed by atoms with Gasteiger partial charge in [-0.1, -0.05) is 18.5 Å². The lowest BCUT2D eigenvalue weighted by Gasteiger charge is -2.21. The van der Waals surface area contributed by atoms with E-state index in [-0.39, 0.29) is 18.6 Å². The van der Waals surface area contributed by atoms with Gasteiger partial charge in [0.05, 0.1) is 12.8 Å². The van der Waals surface area contributed by atoms with Crippen molar-refractivity contribution in [2.75, 3.05) is 20.4 Å². The molecule has 0 amide bonds. The quantitative estimate of drug-likeness (QED) is 0.226. The molecule has 1 aliphatic rings. The van der Waals surface area contributed by atoms with Crippen LogP contribution in [0.3, 0.4) is 0 Å². The zero-order valence-electron chi connectivity index (χ0n) is 9.77. The molecule has 1 rings (SSSR count). The van der Waals surface area contributed by atoms with Crippen LogP contribution in [0.2, 0.25) is 0 Å². The second-order valence-electron chi connectivity index (χ2n) is 3.67. The van der Waals surface area contributed by atoms with E-state index in [0.29, 0.717) is 6.73 Å². The average molecular weight is 250 g/mol. The Morgan fingerprint density at radius 2 is 2.38 bits per heavy atom. The smallest absolute Gasteiger partial charge is 0.209 e. The molecule has 0 saturated heterocycles. The number of unbranched alkanes of at least 4 members (excludes halogenated alkanes) is 1. The molecular weight excluding hydrogens is 230 g/mol. The summed E-state index contributed by atoms with van der Waals surface area (Å²) >= 11 is 0. The fourth-order valence-corrected chi connectivity index (χ4v) is 1.50. The average Bonchev–Trinajstić information content (AvgIpc) is 2.57. The lowest BCUT2D eigenvalue weighted by atomic mass is 10.4. The molecule has 0 bridgehead atoms. The first-order valence-corrected chi connectivity index (χ1v) is 5.30. The second kappa shape index (κ2) is 8.38. The van der Waals surface area contributed by atoms with Crippen molar-refractivity contribution < 1.29 is 27.3 Å². The maximum Gasteiger partial charge on any atom is 0.209 e. The Kier molecular flexibility index (Phi) is 7.97. The predicted molar refractivity (Wildman–Crippen MR) is 57.7 cm³/mol. The molecule has 1 heterocycles. The van der Waals surface area contributed by atoms with Gasteiger partial charge in [-0.3, -0.25) is 4.90 Å². The Bertz CT molecular complexity index is 236. The minimum absolute atomic E-state index is 0. The zero-order chi connectivity index (χ0) is 11.1. The molecule has 0 spiro atoms. The second-order valence-corrected chi connectivity index (χ2v) is 3.67. The van der Waals surface area contributed by atoms with Crippen molar-refractivity contribution in [3.05, 3.63) is 12.4 Å². The van der Waals surface area contributed by atoms with Crippen LogP contribution in [0.4, 0.5) is 0 Å². The molecule has 0 radical (unpaired) electrons. The Hall–Kier alpha value is -0.780. The first kappa shape index (κ1) is 15.2. The van der Waals surface area contributed by atoms with Crippen molar-refractivity contribution in [1.29, 1.82) is 0 Å². The highest BCUT2D eigenvalue weighted by Gasteiger charge is 2.27. The summed E-state index contributed by atoms with van der Waals surface area (Å²) < 4.78 is 5.52. The van der Waals surface area contributed by atoms with Crippen molar-refractivity contribution in [2.45, 2.75) is 25.9 Å². The van der Waals surface area contributed by atoms with E-state index in [1.54, 1.807) is 0 Å². The van der Waals surface area contributed by atoms with Crippen LogP contribution in [0.1, 0.15) is 19.8 Å². The maximum atomic E-state index is 8.53. The third kappa shape index (κ3) is 4.38. The highest BCUT2D eigenvalue weighted by atomic mass is 35.5. The SMILES string of the molecule is CCCCOC[NH+]1C=CN(C)C1/C=N\O.[Cl-]. The minimum atomic E-state index is 0. The summed E-state index contributed by atoms with van der Waals surface area (Å²) in [6.45, 7) is 3.54. The first-order chi connectivity index (χ1) is 7.29. The van der Waals surface area contributed by atoms with Crippen LogP contribution in [0.5, 0.6) is 0 Å². The van der Waals surface area contributed by atoms with Gasteiger partial charge in [0.25, 0.3) is 0 Å². The number of hydrogen-bond donors (Lipinski definition) is 2. The molecule has 0 aliphatic carbocycles. The van der Waals surface area contributed by atoms with E-state index >= 15 is 0 Å². The van der Waals surface area contributed by atoms with Crippen molar-refractivity contribution in [3.63, 3.8) is 0 Å². The Morgan fingerprint density at radius 3 is 3.00 bits per heavy atom. The van der Waals surface area contributed by atoms with E-state index < -0.39 is 0 Å². The van der Waals surface area contributed by atoms with E-state index in [0.717, 1.165) is 24.3 Å². The Morgan fingerprint density at radius 1 is 1.62 bits per heavy atom. The van der Waals surface area contributed by atoms with Crippen LogP contribution in [0.15, 0.2) is 17.6 Å². The van der Waals surface area contributed by atoms with Crippen LogP contribution in [-0.2, 0) is 4.74 Å². The molecule has 5 nitrogen and oxygen atoms in total. The summed E-state index contributed by atoms with van der Waals surface area (Å²) in [5.41, 5.74) is 0. The number of ether oxygens (including phenoxy) is 1. The van der Waals surface area contributed by atoms with Gasteiger partial charge in [0.2, 0.25) is 6.17 Å². The minimum Gasteiger partial charge on any atom is -1.00 e. The standard InChI is InChI=1S/C10H19N3O2.ClH/c1-3-4-7-15-9-13-6-5-12(2)10(13)8-11-14;/h5-6,8,10,14H,3-4,7,9H2,1-2H3;1H/b11-8-;. The molecule has 2 unspecified atom stereocenters. The predicted octanol–water partition coefficient (Wildman–Crippen LogP) is -3.15. The van der Waals surface area contributed by atoms with Gasteiger partial charge < -0.3 is 27.3 Å². The van der Waals surface area contributed by atoms with Crippen molar-refractivity contribution in [3.8, 4) is 0 Å². The molecule has 0 aromatic heterocycles. The monoisotopic (exact) mass is 249 g/mol. The molecule has 16 heavy (non-hydrogen) atoms. The van der Waals surface area contributed by atoms with E-state index in [9.17, 15) is 0 Å². The summed E-state index contributed by atoms with van der Waals surface area (Å²) in [5.74, 6) is 0. The normalized spacial score (nSPS) is 24.0. The van der Waals surface area contributed by atoms with Gasteiger partial charge in [-0.2, -0.15) is 0 Å². The topological polar surface area (TPSA) is 49.5 Å². The molecule has 0 aromatic rings. The summed E-state index contributed by atoms with van der Waals surface area (Å²) in [4.78, 5) is 3.12. The van der Waals surface area contributed by atoms with E-state index in [4.69, 9.17) is 9.94 Å². The molecule has 0 fully saturated rings. The molecule has 2 atom stereocenters. The number of halogens is 1. The van der Waals surface area contributed by atoms with E-state index in [2.05, 4.69) is 12.1 Å². The Balaban J connectivity index is 0.00000225. The molecular formula is C10H20ClN3O2. The van der Waals surface area contributed by atoms with Gasteiger partial charge in [0.15, 0.2) is 6.73 Å². The van der Waals surface area contributed by atoms with Gasteiger partial charge in [-0.15, -0.1) is 0 Å². The highest BCUT2D eigenvalue weighted by molar-refractivity contribution is 5.61. The summed E-state index contributed by atoms with van der Waals surface area (Å²) in [6, 6.07) is 0. The van der Waals surface area contributed by atoms with Crippen LogP contribution in [0, 0.1) is 0 Å². The molecule has 1 aliphatic heterocycles. The summed E-state index contributed by atoms with van der Waals surface area (Å²) in [7, 11) is 1.95. The molecule has 94 valence electrons. The molecule has 2 N–H and O–H groups in total. The molecule has 0 saturated carbocycles. The van der Waals surface area contributed by atoms with Crippen LogP contribution in [-0.4, -0.2) is 42.9 Å². The zero-order valence-corrected chi connectivity index (χ0v) is 10.5. The largest absolute Gasteiger partial charge is 1.00 e. The lowest BCUT2D eigenvalue weighted by molar-refractivity contribution is -0.885. The number of hydrogen-bond acceptors (Lipinski definition) is 4. The summed E-state index contributed by atoms with van der Waals surface area (Å²) in [5, 5.41) is 11.6. The van der Waals surface area contributed by atoms with Crippen LogP contribution >= 0.6 is 0 Å². The van der Waals surface area contributed by atoms with Crippen molar-refractivity contribution in [1.82, 2.24) is 4.90 Å². The van der Waals surface area contributed by atoms with Gasteiger partial charge in [-0.25, -0.2) is 0 Å². The number of nitrogens with zero attached hydrogens (tertiary/aromatic N) is 2. The third-order valence-corrected chi connectivity index (χ3v) is 2.46. The maximum absolute atomic E-state index is 8.53. The van der Waals surface area contributed by atoms with E-state index in [1.807, 2.05) is 24.3 Å². The number of oxime groups is 1. The lowest BCUT2D eigenvalue weighted by Crippen LogP contribution is -3.12. The van der Waals surface area contributed by atoms with Gasteiger partial charge >= 0.3 is 0 Å². The van der Waals surface area contributed by atoms with Gasteiger partial charge in [0, 0.05) is 7.05 Å². The Labute approximate surface area is 103 Å². The highest BCUT2D eigenvalue weighted by Crippen LogP contribution is 1.93. The van der Waals surface area contributed by atoms with E-state index in [1.165, 1.54) is 6.21 Å². The van der Waals surface area contributed by atoms with Gasteiger partial charge in [0.1, 0.15) is 12.4 Å². The summed E-state index contributed by atoms with van der Waals surface area (Å²) in [6.07, 6.45) is 7.76. The molecule has 6 heteroatoms. The van der Waals surface area contributed by atoms with Crippen LogP contribution < -0.4 is 17.3 Å². The van der Waals surface area contributed by atoms with Gasteiger partial charge in [-0.05, 0) is 6.42 Å². The fraction of sp³-hybridized carbons (Fsp3) is 0.700. The fourth-order valence-electron chi connectivity index (χ4n) is 1.50. The number of rotatable bonds is 6. The van der Waals surface area contributed by atoms with Crippen molar-refractivity contribution in [2.24, 2.45) is 5.16 Å². The number of nitrogens with one attached hydrogen (secondary N) is 1. The first-order valence-electron chi connectivity index (χ1n) is 5.30.